The highest BCUT2D eigenvalue weighted by Gasteiger charge is 2.29. The molecular formula is C12H4Cl4F4N2. The molecule has 0 amide bonds. The molecule has 2 nitrogen and oxygen atoms in total. The van der Waals surface area contributed by atoms with Gasteiger partial charge in [0.05, 0.1) is 20.1 Å². The summed E-state index contributed by atoms with van der Waals surface area (Å²) in [5.74, 6) is -5.49. The summed E-state index contributed by atoms with van der Waals surface area (Å²) in [6, 6.07) is 0. The lowest BCUT2D eigenvalue weighted by molar-refractivity contribution is 0.589. The average Bonchev–Trinajstić information content (AvgIpc) is 2.50. The molecule has 0 saturated carbocycles. The Labute approximate surface area is 141 Å². The van der Waals surface area contributed by atoms with Crippen LogP contribution in [0.2, 0.25) is 20.1 Å². The number of nitrogen functional groups attached to an aromatic ring is 2. The van der Waals surface area contributed by atoms with Gasteiger partial charge >= 0.3 is 0 Å². The van der Waals surface area contributed by atoms with E-state index in [1.807, 2.05) is 0 Å². The van der Waals surface area contributed by atoms with Crippen molar-refractivity contribution in [1.29, 1.82) is 0 Å². The van der Waals surface area contributed by atoms with Crippen LogP contribution in [-0.2, 0) is 0 Å². The second kappa shape index (κ2) is 5.85. The zero-order valence-corrected chi connectivity index (χ0v) is 13.2. The maximum absolute atomic E-state index is 13.8. The third-order valence-corrected chi connectivity index (χ3v) is 4.26. The van der Waals surface area contributed by atoms with Crippen molar-refractivity contribution in [3.8, 4) is 11.1 Å². The van der Waals surface area contributed by atoms with Crippen LogP contribution in [0, 0.1) is 23.3 Å². The van der Waals surface area contributed by atoms with Crippen molar-refractivity contribution in [3.63, 3.8) is 0 Å². The molecule has 0 unspecified atom stereocenters. The summed E-state index contributed by atoms with van der Waals surface area (Å²) in [5, 5.41) is -3.18. The van der Waals surface area contributed by atoms with Crippen molar-refractivity contribution in [2.75, 3.05) is 11.5 Å². The van der Waals surface area contributed by atoms with E-state index in [-0.39, 0.29) is 0 Å². The Morgan fingerprint density at radius 2 is 0.682 bits per heavy atom. The van der Waals surface area contributed by atoms with Gasteiger partial charge in [-0.1, -0.05) is 46.4 Å². The molecule has 10 heteroatoms. The van der Waals surface area contributed by atoms with Crippen molar-refractivity contribution in [2.24, 2.45) is 0 Å². The predicted molar refractivity (Wildman–Crippen MR) is 80.6 cm³/mol. The Hall–Kier alpha value is -1.08. The highest BCUT2D eigenvalue weighted by Crippen LogP contribution is 2.48. The number of nitrogens with two attached hydrogens (primary N) is 2. The number of anilines is 2. The van der Waals surface area contributed by atoms with Gasteiger partial charge in [0.15, 0.2) is 23.3 Å². The van der Waals surface area contributed by atoms with E-state index in [0.29, 0.717) is 0 Å². The van der Waals surface area contributed by atoms with E-state index in [9.17, 15) is 17.6 Å². The monoisotopic (exact) mass is 392 g/mol. The van der Waals surface area contributed by atoms with Gasteiger partial charge in [0.25, 0.3) is 0 Å². The fourth-order valence-corrected chi connectivity index (χ4v) is 3.00. The van der Waals surface area contributed by atoms with Gasteiger partial charge in [0.1, 0.15) is 11.4 Å². The Bertz CT molecular complexity index is 685. The van der Waals surface area contributed by atoms with Crippen LogP contribution in [0.1, 0.15) is 0 Å². The third kappa shape index (κ3) is 2.34. The molecule has 0 atom stereocenters. The van der Waals surface area contributed by atoms with E-state index in [2.05, 4.69) is 0 Å². The van der Waals surface area contributed by atoms with E-state index in [4.69, 9.17) is 57.9 Å². The van der Waals surface area contributed by atoms with E-state index in [1.165, 1.54) is 0 Å². The van der Waals surface area contributed by atoms with Gasteiger partial charge in [-0.25, -0.2) is 17.6 Å². The molecule has 0 aromatic heterocycles. The molecule has 0 saturated heterocycles. The zero-order valence-electron chi connectivity index (χ0n) is 10.2. The Morgan fingerprint density at radius 1 is 0.500 bits per heavy atom. The maximum Gasteiger partial charge on any atom is 0.168 e. The molecule has 118 valence electrons. The second-order valence-corrected chi connectivity index (χ2v) is 5.60. The van der Waals surface area contributed by atoms with E-state index in [1.54, 1.807) is 0 Å². The summed E-state index contributed by atoms with van der Waals surface area (Å²) in [6.07, 6.45) is 0. The highest BCUT2D eigenvalue weighted by atomic mass is 35.5. The number of hydrogen-bond acceptors (Lipinski definition) is 2. The van der Waals surface area contributed by atoms with Crippen LogP contribution >= 0.6 is 46.4 Å². The van der Waals surface area contributed by atoms with Gasteiger partial charge in [-0.15, -0.1) is 0 Å². The molecule has 0 aliphatic rings. The Morgan fingerprint density at radius 3 is 0.864 bits per heavy atom. The standard InChI is InChI=1S/C12H4Cl4F4N2/c13-3-1(4(14)8(18)11(21)7(3)17)2-5(15)9(19)12(22)10(20)6(2)16/h21-22H2. The summed E-state index contributed by atoms with van der Waals surface area (Å²) < 4.78 is 55.2. The molecule has 0 aliphatic heterocycles. The third-order valence-electron chi connectivity index (χ3n) is 2.84. The first kappa shape index (κ1) is 17.3. The van der Waals surface area contributed by atoms with E-state index < -0.39 is 65.9 Å². The Kier molecular flexibility index (Phi) is 4.59. The molecule has 22 heavy (non-hydrogen) atoms. The molecule has 2 aromatic carbocycles. The smallest absolute Gasteiger partial charge is 0.168 e. The van der Waals surface area contributed by atoms with Crippen LogP contribution in [0.25, 0.3) is 11.1 Å². The first-order valence-corrected chi connectivity index (χ1v) is 6.85. The number of rotatable bonds is 1. The van der Waals surface area contributed by atoms with Gasteiger partial charge < -0.3 is 11.5 Å². The highest BCUT2D eigenvalue weighted by molar-refractivity contribution is 6.45. The summed E-state index contributed by atoms with van der Waals surface area (Å²) in [4.78, 5) is 0. The van der Waals surface area contributed by atoms with Crippen molar-refractivity contribution >= 4 is 57.8 Å². The fraction of sp³-hybridized carbons (Fsp3) is 0. The minimum atomic E-state index is -1.37. The number of hydrogen-bond donors (Lipinski definition) is 2. The lowest BCUT2D eigenvalue weighted by atomic mass is 10.0. The van der Waals surface area contributed by atoms with E-state index >= 15 is 0 Å². The van der Waals surface area contributed by atoms with Crippen LogP contribution < -0.4 is 11.5 Å². The fourth-order valence-electron chi connectivity index (χ4n) is 1.74. The van der Waals surface area contributed by atoms with Crippen LogP contribution in [0.5, 0.6) is 0 Å². The molecule has 2 rings (SSSR count). The molecule has 0 bridgehead atoms. The molecule has 0 heterocycles. The molecule has 2 aromatic rings. The normalized spacial score (nSPS) is 11.1. The lowest BCUT2D eigenvalue weighted by Crippen LogP contribution is -2.04. The van der Waals surface area contributed by atoms with Crippen molar-refractivity contribution < 1.29 is 17.6 Å². The molecule has 0 spiro atoms. The topological polar surface area (TPSA) is 52.0 Å². The minimum absolute atomic E-state index is 0.639. The number of halogens is 8. The summed E-state index contributed by atoms with van der Waals surface area (Å²) in [6.45, 7) is 0. The molecule has 4 N–H and O–H groups in total. The van der Waals surface area contributed by atoms with Crippen molar-refractivity contribution in [2.45, 2.75) is 0 Å². The second-order valence-electron chi connectivity index (χ2n) is 4.09. The molecule has 0 aliphatic carbocycles. The van der Waals surface area contributed by atoms with Gasteiger partial charge in [-0.05, 0) is 0 Å². The van der Waals surface area contributed by atoms with Gasteiger partial charge in [0.2, 0.25) is 0 Å². The number of benzene rings is 2. The van der Waals surface area contributed by atoms with Crippen molar-refractivity contribution in [1.82, 2.24) is 0 Å². The summed E-state index contributed by atoms with van der Waals surface area (Å²) in [7, 11) is 0. The van der Waals surface area contributed by atoms with Gasteiger partial charge in [-0.2, -0.15) is 0 Å². The first-order chi connectivity index (χ1) is 10.1. The van der Waals surface area contributed by atoms with Gasteiger partial charge in [0, 0.05) is 11.1 Å². The largest absolute Gasteiger partial charge is 0.394 e. The summed E-state index contributed by atoms with van der Waals surface area (Å²) >= 11 is 22.8. The summed E-state index contributed by atoms with van der Waals surface area (Å²) in [5.41, 5.74) is 7.09. The quantitative estimate of drug-likeness (QED) is 0.371. The van der Waals surface area contributed by atoms with Crippen LogP contribution in [0.15, 0.2) is 0 Å². The minimum Gasteiger partial charge on any atom is -0.394 e. The zero-order chi connectivity index (χ0) is 16.9. The van der Waals surface area contributed by atoms with Gasteiger partial charge in [-0.3, -0.25) is 0 Å². The predicted octanol–water partition coefficient (Wildman–Crippen LogP) is 5.69. The average molecular weight is 394 g/mol. The molecule has 0 radical (unpaired) electrons. The maximum atomic E-state index is 13.8. The first-order valence-electron chi connectivity index (χ1n) is 5.34. The van der Waals surface area contributed by atoms with Crippen molar-refractivity contribution in [3.05, 3.63) is 43.4 Å². The SMILES string of the molecule is Nc1c(F)c(Cl)c(-c2c(Cl)c(F)c(N)c(F)c2Cl)c(Cl)c1F. The van der Waals surface area contributed by atoms with Crippen LogP contribution in [-0.4, -0.2) is 0 Å². The molecular weight excluding hydrogens is 390 g/mol. The van der Waals surface area contributed by atoms with Crippen LogP contribution in [0.4, 0.5) is 28.9 Å². The Balaban J connectivity index is 3.03. The lowest BCUT2D eigenvalue weighted by Gasteiger charge is -2.16. The van der Waals surface area contributed by atoms with Crippen LogP contribution in [0.3, 0.4) is 0 Å². The van der Waals surface area contributed by atoms with E-state index in [0.717, 1.165) is 0 Å². The molecule has 0 fully saturated rings.